The summed E-state index contributed by atoms with van der Waals surface area (Å²) in [5.41, 5.74) is 1.17. The van der Waals surface area contributed by atoms with Crippen LogP contribution in [-0.2, 0) is 4.79 Å². The van der Waals surface area contributed by atoms with Gasteiger partial charge in [0, 0.05) is 17.3 Å². The van der Waals surface area contributed by atoms with Crippen molar-refractivity contribution in [2.75, 3.05) is 10.6 Å². The Hall–Kier alpha value is -1.36. The number of carbonyl (C=O) groups excluding carboxylic acids is 2. The molecule has 0 aliphatic rings. The molecule has 0 bridgehead atoms. The first-order valence-electron chi connectivity index (χ1n) is 5.83. The number of hydrogen-bond donors (Lipinski definition) is 2. The number of amides is 2. The van der Waals surface area contributed by atoms with Crippen molar-refractivity contribution in [1.29, 1.82) is 0 Å². The Bertz CT molecular complexity index is 435. The first-order valence-corrected chi connectivity index (χ1v) is 6.95. The number of alkyl halides is 1. The van der Waals surface area contributed by atoms with Crippen molar-refractivity contribution in [2.24, 2.45) is 0 Å². The number of halogens is 1. The molecule has 4 nitrogen and oxygen atoms in total. The zero-order valence-electron chi connectivity index (χ0n) is 10.5. The van der Waals surface area contributed by atoms with Crippen molar-refractivity contribution >= 4 is 33.4 Å². The monoisotopic (exact) mass is 312 g/mol. The number of carbonyl (C=O) groups is 2. The van der Waals surface area contributed by atoms with Crippen molar-refractivity contribution in [3.63, 3.8) is 0 Å². The summed E-state index contributed by atoms with van der Waals surface area (Å²) in [4.78, 5) is 23.1. The van der Waals surface area contributed by atoms with Crippen LogP contribution < -0.4 is 10.6 Å². The third-order valence-corrected chi connectivity index (χ3v) is 3.03. The summed E-state index contributed by atoms with van der Waals surface area (Å²) < 4.78 is 0. The molecule has 0 aromatic heterocycles. The predicted octanol–water partition coefficient (Wildman–Crippen LogP) is 2.55. The second-order valence-electron chi connectivity index (χ2n) is 4.05. The van der Waals surface area contributed by atoms with Gasteiger partial charge in [0.1, 0.15) is 0 Å². The van der Waals surface area contributed by atoms with E-state index < -0.39 is 0 Å². The van der Waals surface area contributed by atoms with Crippen LogP contribution in [0.2, 0.25) is 0 Å². The Labute approximate surface area is 115 Å². The van der Waals surface area contributed by atoms with E-state index >= 15 is 0 Å². The Balaban J connectivity index is 2.75. The van der Waals surface area contributed by atoms with E-state index in [9.17, 15) is 9.59 Å². The standard InChI is InChI=1S/C13H17BrN2O2/c1-3-9(2)15-13(18)10-5-4-6-11(7-10)16-12(17)8-14/h4-7,9H,3,8H2,1-2H3,(H,15,18)(H,16,17)/t9-/m1/s1. The lowest BCUT2D eigenvalue weighted by Gasteiger charge is -2.12. The van der Waals surface area contributed by atoms with Gasteiger partial charge >= 0.3 is 0 Å². The fraction of sp³-hybridized carbons (Fsp3) is 0.385. The number of anilines is 1. The molecule has 0 saturated carbocycles. The van der Waals surface area contributed by atoms with Gasteiger partial charge in [-0.25, -0.2) is 0 Å². The lowest BCUT2D eigenvalue weighted by atomic mass is 10.1. The lowest BCUT2D eigenvalue weighted by molar-refractivity contribution is -0.113. The zero-order valence-corrected chi connectivity index (χ0v) is 12.1. The first kappa shape index (κ1) is 14.7. The second-order valence-corrected chi connectivity index (χ2v) is 4.61. The van der Waals surface area contributed by atoms with Crippen LogP contribution in [0.5, 0.6) is 0 Å². The fourth-order valence-electron chi connectivity index (χ4n) is 1.34. The molecular formula is C13H17BrN2O2. The molecule has 98 valence electrons. The third kappa shape index (κ3) is 4.49. The molecule has 0 spiro atoms. The number of rotatable bonds is 5. The summed E-state index contributed by atoms with van der Waals surface area (Å²) in [5, 5.41) is 5.80. The topological polar surface area (TPSA) is 58.2 Å². The highest BCUT2D eigenvalue weighted by Crippen LogP contribution is 2.11. The van der Waals surface area contributed by atoms with Crippen molar-refractivity contribution < 1.29 is 9.59 Å². The van der Waals surface area contributed by atoms with Crippen molar-refractivity contribution in [3.05, 3.63) is 29.8 Å². The van der Waals surface area contributed by atoms with Gasteiger partial charge in [0.15, 0.2) is 0 Å². The smallest absolute Gasteiger partial charge is 0.251 e. The number of nitrogens with one attached hydrogen (secondary N) is 2. The highest BCUT2D eigenvalue weighted by molar-refractivity contribution is 9.09. The fourth-order valence-corrected chi connectivity index (χ4v) is 1.48. The molecule has 1 atom stereocenters. The van der Waals surface area contributed by atoms with Gasteiger partial charge in [-0.15, -0.1) is 0 Å². The Kier molecular flexibility index (Phi) is 5.85. The van der Waals surface area contributed by atoms with Gasteiger partial charge in [0.2, 0.25) is 5.91 Å². The minimum atomic E-state index is -0.144. The number of benzene rings is 1. The molecule has 1 aromatic carbocycles. The van der Waals surface area contributed by atoms with E-state index in [-0.39, 0.29) is 23.2 Å². The summed E-state index contributed by atoms with van der Waals surface area (Å²) in [6.07, 6.45) is 0.881. The molecule has 2 N–H and O–H groups in total. The lowest BCUT2D eigenvalue weighted by Crippen LogP contribution is -2.31. The molecule has 0 aliphatic carbocycles. The molecule has 0 heterocycles. The molecule has 1 rings (SSSR count). The van der Waals surface area contributed by atoms with Crippen LogP contribution in [0.25, 0.3) is 0 Å². The molecule has 5 heteroatoms. The largest absolute Gasteiger partial charge is 0.350 e. The Morgan fingerprint density at radius 1 is 1.39 bits per heavy atom. The minimum Gasteiger partial charge on any atom is -0.350 e. The quantitative estimate of drug-likeness (QED) is 0.821. The average molecular weight is 313 g/mol. The first-order chi connectivity index (χ1) is 8.56. The molecule has 0 unspecified atom stereocenters. The summed E-state index contributed by atoms with van der Waals surface area (Å²) in [6.45, 7) is 3.96. The van der Waals surface area contributed by atoms with E-state index in [2.05, 4.69) is 26.6 Å². The molecule has 0 saturated heterocycles. The summed E-state index contributed by atoms with van der Waals surface area (Å²) in [7, 11) is 0. The molecule has 18 heavy (non-hydrogen) atoms. The van der Waals surface area contributed by atoms with Crippen LogP contribution in [0, 0.1) is 0 Å². The van der Waals surface area contributed by atoms with Crippen molar-refractivity contribution in [1.82, 2.24) is 5.32 Å². The van der Waals surface area contributed by atoms with Crippen LogP contribution >= 0.6 is 15.9 Å². The molecule has 0 fully saturated rings. The van der Waals surface area contributed by atoms with E-state index in [1.165, 1.54) is 0 Å². The van der Waals surface area contributed by atoms with Crippen molar-refractivity contribution in [3.8, 4) is 0 Å². The summed E-state index contributed by atoms with van der Waals surface area (Å²) in [6, 6.07) is 7.02. The number of hydrogen-bond acceptors (Lipinski definition) is 2. The van der Waals surface area contributed by atoms with Crippen LogP contribution in [0.3, 0.4) is 0 Å². The maximum Gasteiger partial charge on any atom is 0.251 e. The van der Waals surface area contributed by atoms with Gasteiger partial charge < -0.3 is 10.6 Å². The van der Waals surface area contributed by atoms with Gasteiger partial charge in [0.25, 0.3) is 5.91 Å². The van der Waals surface area contributed by atoms with Gasteiger partial charge in [-0.05, 0) is 31.5 Å². The summed E-state index contributed by atoms with van der Waals surface area (Å²) in [5.74, 6) is -0.270. The van der Waals surface area contributed by atoms with Crippen LogP contribution in [0.1, 0.15) is 30.6 Å². The maximum absolute atomic E-state index is 11.9. The SMILES string of the molecule is CC[C@@H](C)NC(=O)c1cccc(NC(=O)CBr)c1. The molecule has 0 radical (unpaired) electrons. The Morgan fingerprint density at radius 2 is 2.11 bits per heavy atom. The van der Waals surface area contributed by atoms with Gasteiger partial charge in [-0.1, -0.05) is 28.9 Å². The summed E-state index contributed by atoms with van der Waals surface area (Å²) >= 11 is 3.07. The van der Waals surface area contributed by atoms with E-state index in [1.54, 1.807) is 24.3 Å². The van der Waals surface area contributed by atoms with E-state index in [4.69, 9.17) is 0 Å². The highest BCUT2D eigenvalue weighted by Gasteiger charge is 2.09. The van der Waals surface area contributed by atoms with Gasteiger partial charge in [-0.2, -0.15) is 0 Å². The maximum atomic E-state index is 11.9. The predicted molar refractivity (Wildman–Crippen MR) is 76.1 cm³/mol. The van der Waals surface area contributed by atoms with E-state index in [0.29, 0.717) is 11.3 Å². The second kappa shape index (κ2) is 7.16. The molecule has 1 aromatic rings. The molecule has 0 aliphatic heterocycles. The van der Waals surface area contributed by atoms with E-state index in [0.717, 1.165) is 6.42 Å². The molecule has 2 amide bonds. The highest BCUT2D eigenvalue weighted by atomic mass is 79.9. The van der Waals surface area contributed by atoms with Gasteiger partial charge in [0.05, 0.1) is 5.33 Å². The van der Waals surface area contributed by atoms with Crippen LogP contribution in [0.4, 0.5) is 5.69 Å². The molecular weight excluding hydrogens is 296 g/mol. The van der Waals surface area contributed by atoms with Crippen LogP contribution in [-0.4, -0.2) is 23.2 Å². The zero-order chi connectivity index (χ0) is 13.5. The average Bonchev–Trinajstić information content (AvgIpc) is 2.38. The Morgan fingerprint density at radius 3 is 2.72 bits per heavy atom. The van der Waals surface area contributed by atoms with Crippen LogP contribution in [0.15, 0.2) is 24.3 Å². The third-order valence-electron chi connectivity index (χ3n) is 2.52. The normalized spacial score (nSPS) is 11.7. The minimum absolute atomic E-state index is 0.126. The van der Waals surface area contributed by atoms with Gasteiger partial charge in [-0.3, -0.25) is 9.59 Å². The van der Waals surface area contributed by atoms with E-state index in [1.807, 2.05) is 13.8 Å². The van der Waals surface area contributed by atoms with Crippen molar-refractivity contribution in [2.45, 2.75) is 26.3 Å².